The highest BCUT2D eigenvalue weighted by molar-refractivity contribution is 5.99. The van der Waals surface area contributed by atoms with Crippen LogP contribution in [-0.2, 0) is 4.74 Å². The van der Waals surface area contributed by atoms with Crippen molar-refractivity contribution in [2.45, 2.75) is 19.9 Å². The first kappa shape index (κ1) is 18.4. The number of aryl methyl sites for hydroxylation is 2. The minimum Gasteiger partial charge on any atom is -0.450 e. The third kappa shape index (κ3) is 2.72. The summed E-state index contributed by atoms with van der Waals surface area (Å²) in [6.45, 7) is 4.30. The van der Waals surface area contributed by atoms with Crippen LogP contribution in [0, 0.1) is 19.7 Å². The van der Waals surface area contributed by atoms with Crippen molar-refractivity contribution in [2.24, 2.45) is 0 Å². The van der Waals surface area contributed by atoms with Crippen molar-refractivity contribution in [3.05, 3.63) is 80.5 Å². The smallest absolute Gasteiger partial charge is 0.290 e. The minimum absolute atomic E-state index is 0.0230. The van der Waals surface area contributed by atoms with E-state index in [2.05, 4.69) is 0 Å². The number of carbonyl (C=O) groups is 1. The highest BCUT2D eigenvalue weighted by Crippen LogP contribution is 2.39. The highest BCUT2D eigenvalue weighted by atomic mass is 19.1. The van der Waals surface area contributed by atoms with Crippen LogP contribution in [0.4, 0.5) is 4.39 Å². The van der Waals surface area contributed by atoms with Gasteiger partial charge in [-0.25, -0.2) is 4.39 Å². The van der Waals surface area contributed by atoms with E-state index >= 15 is 0 Å². The first-order valence-electron chi connectivity index (χ1n) is 9.06. The number of rotatable bonds is 4. The van der Waals surface area contributed by atoms with E-state index in [4.69, 9.17) is 9.15 Å². The molecule has 2 heterocycles. The van der Waals surface area contributed by atoms with E-state index in [0.717, 1.165) is 11.1 Å². The number of methoxy groups -OCH3 is 1. The van der Waals surface area contributed by atoms with Crippen LogP contribution in [0.15, 0.2) is 45.6 Å². The molecule has 0 N–H and O–H groups in total. The lowest BCUT2D eigenvalue weighted by Gasteiger charge is -2.25. The van der Waals surface area contributed by atoms with Gasteiger partial charge >= 0.3 is 0 Å². The molecule has 0 spiro atoms. The Bertz CT molecular complexity index is 1150. The Morgan fingerprint density at radius 1 is 1.14 bits per heavy atom. The van der Waals surface area contributed by atoms with Crippen molar-refractivity contribution in [1.29, 1.82) is 0 Å². The molecule has 0 radical (unpaired) electrons. The fourth-order valence-corrected chi connectivity index (χ4v) is 3.72. The standard InChI is InChI=1S/C22H20FNO4/c1-12-10-15-17(11-13(12)2)28-21-18(20(15)25)19(14-6-4-5-7-16(14)23)24(22(21)26)8-9-27-3/h4-7,10-11,19H,8-9H2,1-3H3/t19-/m1/s1. The first-order valence-corrected chi connectivity index (χ1v) is 9.06. The summed E-state index contributed by atoms with van der Waals surface area (Å²) >= 11 is 0. The lowest BCUT2D eigenvalue weighted by atomic mass is 9.97. The predicted molar refractivity (Wildman–Crippen MR) is 103 cm³/mol. The van der Waals surface area contributed by atoms with E-state index < -0.39 is 17.8 Å². The van der Waals surface area contributed by atoms with Crippen LogP contribution >= 0.6 is 0 Å². The summed E-state index contributed by atoms with van der Waals surface area (Å²) in [6.07, 6.45) is 0. The van der Waals surface area contributed by atoms with E-state index in [1.807, 2.05) is 13.8 Å². The zero-order valence-corrected chi connectivity index (χ0v) is 15.9. The van der Waals surface area contributed by atoms with Crippen LogP contribution in [0.3, 0.4) is 0 Å². The average Bonchev–Trinajstić information content (AvgIpc) is 2.94. The van der Waals surface area contributed by atoms with Gasteiger partial charge in [0.05, 0.1) is 23.6 Å². The zero-order valence-electron chi connectivity index (χ0n) is 15.9. The molecule has 5 nitrogen and oxygen atoms in total. The van der Waals surface area contributed by atoms with Gasteiger partial charge in [0.1, 0.15) is 11.4 Å². The lowest BCUT2D eigenvalue weighted by Crippen LogP contribution is -2.33. The van der Waals surface area contributed by atoms with Crippen molar-refractivity contribution in [3.8, 4) is 0 Å². The quantitative estimate of drug-likeness (QED) is 0.691. The van der Waals surface area contributed by atoms with Crippen LogP contribution < -0.4 is 5.43 Å². The number of benzene rings is 2. The van der Waals surface area contributed by atoms with Gasteiger partial charge in [-0.1, -0.05) is 18.2 Å². The van der Waals surface area contributed by atoms with E-state index in [1.54, 1.807) is 30.3 Å². The molecule has 1 aromatic heterocycles. The van der Waals surface area contributed by atoms with Crippen molar-refractivity contribution >= 4 is 16.9 Å². The molecule has 1 aliphatic rings. The van der Waals surface area contributed by atoms with Gasteiger partial charge in [0.2, 0.25) is 5.76 Å². The Balaban J connectivity index is 2.02. The topological polar surface area (TPSA) is 59.8 Å². The second-order valence-electron chi connectivity index (χ2n) is 7.02. The van der Waals surface area contributed by atoms with Crippen LogP contribution in [0.1, 0.15) is 38.9 Å². The van der Waals surface area contributed by atoms with Crippen LogP contribution in [-0.4, -0.2) is 31.1 Å². The van der Waals surface area contributed by atoms with Crippen molar-refractivity contribution < 1.29 is 18.3 Å². The Hall–Kier alpha value is -2.99. The Kier molecular flexibility index (Phi) is 4.51. The summed E-state index contributed by atoms with van der Waals surface area (Å²) in [4.78, 5) is 27.9. The Morgan fingerprint density at radius 2 is 1.86 bits per heavy atom. The maximum atomic E-state index is 14.6. The molecule has 1 atom stereocenters. The molecule has 6 heteroatoms. The molecule has 0 aliphatic carbocycles. The van der Waals surface area contributed by atoms with Crippen molar-refractivity contribution in [3.63, 3.8) is 0 Å². The summed E-state index contributed by atoms with van der Waals surface area (Å²) in [5.41, 5.74) is 2.41. The maximum Gasteiger partial charge on any atom is 0.290 e. The van der Waals surface area contributed by atoms with E-state index in [9.17, 15) is 14.0 Å². The van der Waals surface area contributed by atoms with Crippen molar-refractivity contribution in [2.75, 3.05) is 20.3 Å². The van der Waals surface area contributed by atoms with Gasteiger partial charge in [0.15, 0.2) is 5.43 Å². The molecule has 0 fully saturated rings. The second kappa shape index (κ2) is 6.87. The molecule has 0 saturated heterocycles. The van der Waals surface area contributed by atoms with Crippen molar-refractivity contribution in [1.82, 2.24) is 4.90 Å². The van der Waals surface area contributed by atoms with E-state index in [-0.39, 0.29) is 35.5 Å². The van der Waals surface area contributed by atoms with Gasteiger partial charge in [-0.05, 0) is 43.2 Å². The number of halogens is 1. The Labute approximate surface area is 161 Å². The zero-order chi connectivity index (χ0) is 20.0. The van der Waals surface area contributed by atoms with Gasteiger partial charge in [0, 0.05) is 19.2 Å². The summed E-state index contributed by atoms with van der Waals surface area (Å²) in [6, 6.07) is 8.85. The molecule has 4 rings (SSSR count). The largest absolute Gasteiger partial charge is 0.450 e. The van der Waals surface area contributed by atoms with Crippen LogP contribution in [0.2, 0.25) is 0 Å². The summed E-state index contributed by atoms with van der Waals surface area (Å²) in [5.74, 6) is -0.933. The molecule has 0 unspecified atom stereocenters. The number of nitrogens with zero attached hydrogens (tertiary/aromatic N) is 1. The molecule has 144 valence electrons. The van der Waals surface area contributed by atoms with Gasteiger partial charge in [0.25, 0.3) is 5.91 Å². The van der Waals surface area contributed by atoms with Gasteiger partial charge in [-0.3, -0.25) is 9.59 Å². The SMILES string of the molecule is COCCN1C(=O)c2oc3cc(C)c(C)cc3c(=O)c2[C@H]1c1ccccc1F. The molecule has 1 aliphatic heterocycles. The monoisotopic (exact) mass is 381 g/mol. The number of hydrogen-bond donors (Lipinski definition) is 0. The number of ether oxygens (including phenoxy) is 1. The highest BCUT2D eigenvalue weighted by Gasteiger charge is 2.43. The van der Waals surface area contributed by atoms with Crippen LogP contribution in [0.5, 0.6) is 0 Å². The normalized spacial score (nSPS) is 16.1. The lowest BCUT2D eigenvalue weighted by molar-refractivity contribution is 0.0661. The molecule has 2 aromatic carbocycles. The third-order valence-corrected chi connectivity index (χ3v) is 5.32. The van der Waals surface area contributed by atoms with Crippen LogP contribution in [0.25, 0.3) is 11.0 Å². The third-order valence-electron chi connectivity index (χ3n) is 5.32. The Morgan fingerprint density at radius 3 is 2.57 bits per heavy atom. The van der Waals surface area contributed by atoms with Gasteiger partial charge in [-0.15, -0.1) is 0 Å². The average molecular weight is 381 g/mol. The minimum atomic E-state index is -0.846. The second-order valence-corrected chi connectivity index (χ2v) is 7.02. The molecule has 28 heavy (non-hydrogen) atoms. The molecule has 0 saturated carbocycles. The van der Waals surface area contributed by atoms with Gasteiger partial charge in [-0.2, -0.15) is 0 Å². The molecule has 1 amide bonds. The maximum absolute atomic E-state index is 14.6. The molecule has 3 aromatic rings. The number of carbonyl (C=O) groups excluding carboxylic acids is 1. The number of hydrogen-bond acceptors (Lipinski definition) is 4. The number of fused-ring (bicyclic) bond motifs is 2. The molecular weight excluding hydrogens is 361 g/mol. The fourth-order valence-electron chi connectivity index (χ4n) is 3.72. The molecular formula is C22H20FNO4. The summed E-state index contributed by atoms with van der Waals surface area (Å²) < 4.78 is 25.6. The molecule has 0 bridgehead atoms. The predicted octanol–water partition coefficient (Wildman–Crippen LogP) is 3.74. The number of amides is 1. The fraction of sp³-hybridized carbons (Fsp3) is 0.273. The summed E-state index contributed by atoms with van der Waals surface area (Å²) in [7, 11) is 1.52. The van der Waals surface area contributed by atoms with E-state index in [1.165, 1.54) is 18.1 Å². The van der Waals surface area contributed by atoms with Gasteiger partial charge < -0.3 is 14.1 Å². The first-order chi connectivity index (χ1) is 13.4. The van der Waals surface area contributed by atoms with E-state index in [0.29, 0.717) is 11.0 Å². The summed E-state index contributed by atoms with van der Waals surface area (Å²) in [5, 5.41) is 0.393.